The molecule has 0 saturated carbocycles. The van der Waals surface area contributed by atoms with Crippen molar-refractivity contribution in [2.24, 2.45) is 0 Å². The molecule has 1 heterocycles. The maximum Gasteiger partial charge on any atom is 0.234 e. The Morgan fingerprint density at radius 1 is 1.35 bits per heavy atom. The van der Waals surface area contributed by atoms with Crippen LogP contribution in [0.3, 0.4) is 0 Å². The van der Waals surface area contributed by atoms with E-state index in [-0.39, 0.29) is 5.91 Å². The molecule has 1 amide bonds. The summed E-state index contributed by atoms with van der Waals surface area (Å²) in [6.45, 7) is 1.99. The lowest BCUT2D eigenvalue weighted by Crippen LogP contribution is -2.14. The molecule has 3 nitrogen and oxygen atoms in total. The second-order valence-electron chi connectivity index (χ2n) is 4.13. The first-order chi connectivity index (χ1) is 9.67. The largest absolute Gasteiger partial charge is 0.325 e. The van der Waals surface area contributed by atoms with Gasteiger partial charge in [0, 0.05) is 21.7 Å². The molecular formula is C14H16N2OS3. The topological polar surface area (TPSA) is 42.0 Å². The van der Waals surface area contributed by atoms with Crippen molar-refractivity contribution >= 4 is 46.5 Å². The van der Waals surface area contributed by atoms with Crippen molar-refractivity contribution < 1.29 is 4.79 Å². The summed E-state index contributed by atoms with van der Waals surface area (Å²) in [7, 11) is 0. The van der Waals surface area contributed by atoms with Crippen molar-refractivity contribution in [1.82, 2.24) is 4.98 Å². The minimum absolute atomic E-state index is 0.0267. The monoisotopic (exact) mass is 324 g/mol. The fraction of sp³-hybridized carbons (Fsp3) is 0.286. The molecule has 0 spiro atoms. The number of carbonyl (C=O) groups is 1. The van der Waals surface area contributed by atoms with Gasteiger partial charge in [-0.25, -0.2) is 4.98 Å². The Labute approximate surface area is 131 Å². The number of carbonyl (C=O) groups excluding carboxylic acids is 1. The number of hydrogen-bond acceptors (Lipinski definition) is 5. The van der Waals surface area contributed by atoms with Crippen molar-refractivity contribution in [2.75, 3.05) is 17.3 Å². The molecule has 0 atom stereocenters. The van der Waals surface area contributed by atoms with E-state index in [9.17, 15) is 4.79 Å². The zero-order chi connectivity index (χ0) is 14.4. The Morgan fingerprint density at radius 3 is 2.70 bits per heavy atom. The molecule has 6 heteroatoms. The third kappa shape index (κ3) is 4.85. The summed E-state index contributed by atoms with van der Waals surface area (Å²) in [6.07, 6.45) is 2.03. The van der Waals surface area contributed by atoms with Gasteiger partial charge in [-0.3, -0.25) is 4.79 Å². The summed E-state index contributed by atoms with van der Waals surface area (Å²) < 4.78 is 0. The average molecular weight is 324 g/mol. The van der Waals surface area contributed by atoms with Crippen LogP contribution in [0.1, 0.15) is 10.7 Å². The Morgan fingerprint density at radius 2 is 2.10 bits per heavy atom. The second kappa shape index (κ2) is 7.71. The number of rotatable bonds is 6. The minimum atomic E-state index is 0.0267. The standard InChI is InChI=1S/C14H16N2OS3/c1-10-15-12(8-20-10)7-19-9-14(17)16-11-3-5-13(18-2)6-4-11/h3-6,8H,7,9H2,1-2H3,(H,16,17). The van der Waals surface area contributed by atoms with Gasteiger partial charge in [0.05, 0.1) is 16.5 Å². The van der Waals surface area contributed by atoms with Gasteiger partial charge in [-0.15, -0.1) is 34.9 Å². The van der Waals surface area contributed by atoms with E-state index in [1.807, 2.05) is 42.8 Å². The first-order valence-electron chi connectivity index (χ1n) is 6.10. The molecule has 0 radical (unpaired) electrons. The molecule has 0 unspecified atom stereocenters. The van der Waals surface area contributed by atoms with Gasteiger partial charge in [0.25, 0.3) is 0 Å². The van der Waals surface area contributed by atoms with Gasteiger partial charge in [0.1, 0.15) is 0 Å². The molecule has 2 rings (SSSR count). The molecule has 0 aliphatic heterocycles. The molecule has 0 fully saturated rings. The van der Waals surface area contributed by atoms with Crippen molar-refractivity contribution in [3.05, 3.63) is 40.3 Å². The predicted molar refractivity (Wildman–Crippen MR) is 89.9 cm³/mol. The molecule has 0 aliphatic rings. The fourth-order valence-corrected chi connectivity index (χ4v) is 3.44. The number of nitrogens with one attached hydrogen (secondary N) is 1. The smallest absolute Gasteiger partial charge is 0.234 e. The van der Waals surface area contributed by atoms with Crippen LogP contribution >= 0.6 is 34.9 Å². The third-order valence-electron chi connectivity index (χ3n) is 2.52. The summed E-state index contributed by atoms with van der Waals surface area (Å²) in [6, 6.07) is 7.87. The Bertz CT molecular complexity index is 566. The van der Waals surface area contributed by atoms with E-state index in [4.69, 9.17) is 0 Å². The Balaban J connectivity index is 1.74. The summed E-state index contributed by atoms with van der Waals surface area (Å²) in [4.78, 5) is 17.4. The number of aryl methyl sites for hydroxylation is 1. The molecule has 0 aliphatic carbocycles. The number of aromatic nitrogens is 1. The SMILES string of the molecule is CSc1ccc(NC(=O)CSCc2csc(C)n2)cc1. The Hall–Kier alpha value is -0.980. The van der Waals surface area contributed by atoms with Crippen molar-refractivity contribution in [3.63, 3.8) is 0 Å². The number of thiazole rings is 1. The lowest BCUT2D eigenvalue weighted by molar-refractivity contribution is -0.113. The number of anilines is 1. The van der Waals surface area contributed by atoms with Gasteiger partial charge in [0.2, 0.25) is 5.91 Å². The van der Waals surface area contributed by atoms with Crippen LogP contribution in [-0.2, 0) is 10.5 Å². The third-order valence-corrected chi connectivity index (χ3v) is 5.06. The molecule has 20 heavy (non-hydrogen) atoms. The number of hydrogen-bond donors (Lipinski definition) is 1. The van der Waals surface area contributed by atoms with Crippen LogP contribution < -0.4 is 5.32 Å². The van der Waals surface area contributed by atoms with Crippen molar-refractivity contribution in [1.29, 1.82) is 0 Å². The molecule has 0 saturated heterocycles. The lowest BCUT2D eigenvalue weighted by Gasteiger charge is -2.05. The highest BCUT2D eigenvalue weighted by molar-refractivity contribution is 7.99. The first-order valence-corrected chi connectivity index (χ1v) is 9.36. The molecule has 0 bridgehead atoms. The molecular weight excluding hydrogens is 308 g/mol. The van der Waals surface area contributed by atoms with E-state index in [0.717, 1.165) is 22.1 Å². The highest BCUT2D eigenvalue weighted by Crippen LogP contribution is 2.18. The Kier molecular flexibility index (Phi) is 5.94. The zero-order valence-corrected chi connectivity index (χ0v) is 13.8. The van der Waals surface area contributed by atoms with E-state index in [1.54, 1.807) is 34.9 Å². The van der Waals surface area contributed by atoms with Crippen molar-refractivity contribution in [2.45, 2.75) is 17.6 Å². The quantitative estimate of drug-likeness (QED) is 0.814. The van der Waals surface area contributed by atoms with Gasteiger partial charge in [-0.2, -0.15) is 0 Å². The number of thioether (sulfide) groups is 2. The van der Waals surface area contributed by atoms with E-state index in [1.165, 1.54) is 4.90 Å². The van der Waals surface area contributed by atoms with Gasteiger partial charge in [-0.1, -0.05) is 0 Å². The first kappa shape index (κ1) is 15.4. The molecule has 1 aromatic carbocycles. The second-order valence-corrected chi connectivity index (χ2v) is 7.05. The molecule has 1 N–H and O–H groups in total. The van der Waals surface area contributed by atoms with E-state index in [2.05, 4.69) is 10.3 Å². The normalized spacial score (nSPS) is 10.5. The predicted octanol–water partition coefficient (Wildman–Crippen LogP) is 4.05. The van der Waals surface area contributed by atoms with Gasteiger partial charge < -0.3 is 5.32 Å². The van der Waals surface area contributed by atoms with Crippen LogP contribution in [0, 0.1) is 6.92 Å². The minimum Gasteiger partial charge on any atom is -0.325 e. The van der Waals surface area contributed by atoms with E-state index < -0.39 is 0 Å². The van der Waals surface area contributed by atoms with Crippen LogP contribution in [-0.4, -0.2) is 22.9 Å². The van der Waals surface area contributed by atoms with Crippen LogP contribution in [0.5, 0.6) is 0 Å². The highest BCUT2D eigenvalue weighted by Gasteiger charge is 2.04. The summed E-state index contributed by atoms with van der Waals surface area (Å²) >= 11 is 4.91. The number of nitrogens with zero attached hydrogens (tertiary/aromatic N) is 1. The number of benzene rings is 1. The average Bonchev–Trinajstić information content (AvgIpc) is 2.85. The maximum absolute atomic E-state index is 11.8. The van der Waals surface area contributed by atoms with E-state index >= 15 is 0 Å². The number of amides is 1. The van der Waals surface area contributed by atoms with Gasteiger partial charge >= 0.3 is 0 Å². The molecule has 1 aromatic heterocycles. The zero-order valence-electron chi connectivity index (χ0n) is 11.4. The summed E-state index contributed by atoms with van der Waals surface area (Å²) in [5.74, 6) is 1.25. The molecule has 2 aromatic rings. The van der Waals surface area contributed by atoms with Crippen LogP contribution in [0.25, 0.3) is 0 Å². The molecule has 106 valence electrons. The van der Waals surface area contributed by atoms with Crippen LogP contribution in [0.15, 0.2) is 34.5 Å². The van der Waals surface area contributed by atoms with Gasteiger partial charge in [-0.05, 0) is 37.4 Å². The summed E-state index contributed by atoms with van der Waals surface area (Å²) in [5, 5.41) is 6.01. The van der Waals surface area contributed by atoms with Crippen LogP contribution in [0.4, 0.5) is 5.69 Å². The van der Waals surface area contributed by atoms with E-state index in [0.29, 0.717) is 5.75 Å². The van der Waals surface area contributed by atoms with Crippen molar-refractivity contribution in [3.8, 4) is 0 Å². The highest BCUT2D eigenvalue weighted by atomic mass is 32.2. The fourth-order valence-electron chi connectivity index (χ4n) is 1.59. The summed E-state index contributed by atoms with van der Waals surface area (Å²) in [5.41, 5.74) is 1.90. The van der Waals surface area contributed by atoms with Crippen LogP contribution in [0.2, 0.25) is 0 Å². The lowest BCUT2D eigenvalue weighted by atomic mass is 10.3. The van der Waals surface area contributed by atoms with Gasteiger partial charge in [0.15, 0.2) is 0 Å². The maximum atomic E-state index is 11.8.